The second kappa shape index (κ2) is 5.94. The van der Waals surface area contributed by atoms with Gasteiger partial charge in [-0.2, -0.15) is 0 Å². The van der Waals surface area contributed by atoms with Gasteiger partial charge in [-0.25, -0.2) is 0 Å². The zero-order valence-electron chi connectivity index (χ0n) is 10.4. The molecule has 1 heterocycles. The molecule has 0 N–H and O–H groups in total. The Bertz CT molecular complexity index is 627. The minimum absolute atomic E-state index is 0.0627. The molecule has 0 amide bonds. The highest BCUT2D eigenvalue weighted by Crippen LogP contribution is 2.24. The van der Waals surface area contributed by atoms with Crippen molar-refractivity contribution in [2.45, 2.75) is 12.1 Å². The van der Waals surface area contributed by atoms with Crippen molar-refractivity contribution in [1.29, 1.82) is 0 Å². The molecule has 19 heavy (non-hydrogen) atoms. The molecular formula is C12H11Cl2N3OS. The van der Waals surface area contributed by atoms with Crippen LogP contribution in [-0.4, -0.2) is 26.3 Å². The first-order chi connectivity index (χ1) is 8.99. The lowest BCUT2D eigenvalue weighted by atomic mass is 10.1. The zero-order chi connectivity index (χ0) is 14.0. The highest BCUT2D eigenvalue weighted by atomic mass is 35.5. The summed E-state index contributed by atoms with van der Waals surface area (Å²) >= 11 is 13.1. The summed E-state index contributed by atoms with van der Waals surface area (Å²) < 4.78 is 1.83. The van der Waals surface area contributed by atoms with Crippen LogP contribution in [-0.2, 0) is 7.05 Å². The SMILES string of the molecule is Cc1nnc(SCC(=O)c2ccc(Cl)cc2Cl)n1C. The van der Waals surface area contributed by atoms with E-state index in [-0.39, 0.29) is 11.5 Å². The van der Waals surface area contributed by atoms with E-state index in [1.807, 2.05) is 18.5 Å². The fourth-order valence-corrected chi connectivity index (χ4v) is 2.79. The summed E-state index contributed by atoms with van der Waals surface area (Å²) in [5.41, 5.74) is 0.470. The number of aromatic nitrogens is 3. The molecule has 1 aromatic carbocycles. The van der Waals surface area contributed by atoms with Gasteiger partial charge in [0.05, 0.1) is 10.8 Å². The molecular weight excluding hydrogens is 305 g/mol. The third-order valence-corrected chi connectivity index (χ3v) is 4.18. The van der Waals surface area contributed by atoms with Gasteiger partial charge in [0, 0.05) is 17.6 Å². The molecule has 0 aliphatic heterocycles. The third-order valence-electron chi connectivity index (χ3n) is 2.62. The lowest BCUT2D eigenvalue weighted by molar-refractivity contribution is 0.102. The Morgan fingerprint density at radius 3 is 2.68 bits per heavy atom. The number of ketones is 1. The van der Waals surface area contributed by atoms with Gasteiger partial charge < -0.3 is 4.57 Å². The molecule has 0 aliphatic carbocycles. The van der Waals surface area contributed by atoms with Gasteiger partial charge in [0.2, 0.25) is 0 Å². The second-order valence-electron chi connectivity index (χ2n) is 3.92. The Kier molecular flexibility index (Phi) is 4.50. The largest absolute Gasteiger partial charge is 0.309 e. The van der Waals surface area contributed by atoms with E-state index in [2.05, 4.69) is 10.2 Å². The van der Waals surface area contributed by atoms with Gasteiger partial charge in [-0.05, 0) is 25.1 Å². The molecule has 0 bridgehead atoms. The summed E-state index contributed by atoms with van der Waals surface area (Å²) in [4.78, 5) is 12.1. The number of hydrogen-bond donors (Lipinski definition) is 0. The van der Waals surface area contributed by atoms with E-state index in [4.69, 9.17) is 23.2 Å². The van der Waals surface area contributed by atoms with Crippen molar-refractivity contribution < 1.29 is 4.79 Å². The lowest BCUT2D eigenvalue weighted by Crippen LogP contribution is -2.04. The van der Waals surface area contributed by atoms with E-state index >= 15 is 0 Å². The fourth-order valence-electron chi connectivity index (χ4n) is 1.44. The second-order valence-corrected chi connectivity index (χ2v) is 5.71. The number of thioether (sulfide) groups is 1. The van der Waals surface area contributed by atoms with Gasteiger partial charge in [0.15, 0.2) is 10.9 Å². The topological polar surface area (TPSA) is 47.8 Å². The molecule has 0 fully saturated rings. The van der Waals surface area contributed by atoms with Gasteiger partial charge in [-0.15, -0.1) is 10.2 Å². The maximum atomic E-state index is 12.1. The summed E-state index contributed by atoms with van der Waals surface area (Å²) in [6.45, 7) is 1.86. The predicted octanol–water partition coefficient (Wildman–Crippen LogP) is 3.41. The van der Waals surface area contributed by atoms with E-state index < -0.39 is 0 Å². The molecule has 0 saturated carbocycles. The maximum absolute atomic E-state index is 12.1. The molecule has 0 spiro atoms. The number of nitrogens with zero attached hydrogens (tertiary/aromatic N) is 3. The van der Waals surface area contributed by atoms with Gasteiger partial charge in [-0.1, -0.05) is 35.0 Å². The fraction of sp³-hybridized carbons (Fsp3) is 0.250. The minimum Gasteiger partial charge on any atom is -0.309 e. The van der Waals surface area contributed by atoms with Crippen LogP contribution in [0.2, 0.25) is 10.0 Å². The molecule has 4 nitrogen and oxygen atoms in total. The van der Waals surface area contributed by atoms with E-state index in [0.29, 0.717) is 20.8 Å². The summed E-state index contributed by atoms with van der Waals surface area (Å²) in [5, 5.41) is 9.50. The minimum atomic E-state index is -0.0627. The highest BCUT2D eigenvalue weighted by molar-refractivity contribution is 7.99. The van der Waals surface area contributed by atoms with Crippen LogP contribution in [0, 0.1) is 6.92 Å². The molecule has 2 aromatic rings. The van der Waals surface area contributed by atoms with Crippen molar-refractivity contribution in [3.8, 4) is 0 Å². The Labute approximate surface area is 125 Å². The van der Waals surface area contributed by atoms with E-state index in [9.17, 15) is 4.79 Å². The van der Waals surface area contributed by atoms with E-state index in [0.717, 1.165) is 5.82 Å². The summed E-state index contributed by atoms with van der Waals surface area (Å²) in [5.74, 6) is 1.000. The molecule has 1 aromatic heterocycles. The van der Waals surface area contributed by atoms with Crippen molar-refractivity contribution in [2.24, 2.45) is 7.05 Å². The Hall–Kier alpha value is -1.04. The molecule has 0 radical (unpaired) electrons. The van der Waals surface area contributed by atoms with Gasteiger partial charge in [0.1, 0.15) is 5.82 Å². The number of aryl methyl sites for hydroxylation is 1. The average molecular weight is 316 g/mol. The van der Waals surface area contributed by atoms with Crippen LogP contribution in [0.15, 0.2) is 23.4 Å². The number of carbonyl (C=O) groups is 1. The number of benzene rings is 1. The first-order valence-electron chi connectivity index (χ1n) is 5.46. The molecule has 0 unspecified atom stereocenters. The predicted molar refractivity (Wildman–Crippen MR) is 77.3 cm³/mol. The van der Waals surface area contributed by atoms with Crippen LogP contribution in [0.5, 0.6) is 0 Å². The Morgan fingerprint density at radius 1 is 1.37 bits per heavy atom. The third kappa shape index (κ3) is 3.29. The summed E-state index contributed by atoms with van der Waals surface area (Å²) in [6, 6.07) is 4.85. The zero-order valence-corrected chi connectivity index (χ0v) is 12.7. The van der Waals surface area contributed by atoms with Crippen LogP contribution in [0.3, 0.4) is 0 Å². The Morgan fingerprint density at radius 2 is 2.11 bits per heavy atom. The number of halogens is 2. The monoisotopic (exact) mass is 315 g/mol. The van der Waals surface area contributed by atoms with Crippen LogP contribution >= 0.6 is 35.0 Å². The number of Topliss-reactive ketones (excluding diaryl/α,β-unsaturated/α-hetero) is 1. The lowest BCUT2D eigenvalue weighted by Gasteiger charge is -2.04. The standard InChI is InChI=1S/C12H11Cl2N3OS/c1-7-15-16-12(17(7)2)19-6-11(18)9-4-3-8(13)5-10(9)14/h3-5H,6H2,1-2H3. The molecule has 0 atom stereocenters. The van der Waals surface area contributed by atoms with Crippen molar-refractivity contribution >= 4 is 40.7 Å². The first-order valence-corrected chi connectivity index (χ1v) is 7.20. The number of hydrogen-bond acceptors (Lipinski definition) is 4. The highest BCUT2D eigenvalue weighted by Gasteiger charge is 2.13. The van der Waals surface area contributed by atoms with E-state index in [1.165, 1.54) is 11.8 Å². The van der Waals surface area contributed by atoms with Gasteiger partial charge in [-0.3, -0.25) is 4.79 Å². The summed E-state index contributed by atoms with van der Waals surface area (Å²) in [6.07, 6.45) is 0. The number of carbonyl (C=O) groups excluding carboxylic acids is 1. The van der Waals surface area contributed by atoms with Crippen LogP contribution in [0.25, 0.3) is 0 Å². The average Bonchev–Trinajstić information content (AvgIpc) is 2.67. The number of rotatable bonds is 4. The van der Waals surface area contributed by atoms with Gasteiger partial charge in [0.25, 0.3) is 0 Å². The molecule has 2 rings (SSSR count). The van der Waals surface area contributed by atoms with Crippen molar-refractivity contribution in [3.63, 3.8) is 0 Å². The maximum Gasteiger partial charge on any atom is 0.191 e. The van der Waals surface area contributed by atoms with E-state index in [1.54, 1.807) is 18.2 Å². The normalized spacial score (nSPS) is 10.7. The first kappa shape index (κ1) is 14.4. The molecule has 7 heteroatoms. The Balaban J connectivity index is 2.07. The molecule has 0 aliphatic rings. The van der Waals surface area contributed by atoms with Crippen molar-refractivity contribution in [2.75, 3.05) is 5.75 Å². The smallest absolute Gasteiger partial charge is 0.191 e. The molecule has 0 saturated heterocycles. The van der Waals surface area contributed by atoms with Crippen molar-refractivity contribution in [1.82, 2.24) is 14.8 Å². The van der Waals surface area contributed by atoms with Crippen LogP contribution < -0.4 is 0 Å². The van der Waals surface area contributed by atoms with Gasteiger partial charge >= 0.3 is 0 Å². The summed E-state index contributed by atoms with van der Waals surface area (Å²) in [7, 11) is 1.86. The molecule has 100 valence electrons. The quantitative estimate of drug-likeness (QED) is 0.641. The van der Waals surface area contributed by atoms with Crippen LogP contribution in [0.4, 0.5) is 0 Å². The van der Waals surface area contributed by atoms with Crippen molar-refractivity contribution in [3.05, 3.63) is 39.6 Å². The van der Waals surface area contributed by atoms with Crippen LogP contribution in [0.1, 0.15) is 16.2 Å².